The molecule has 7 nitrogen and oxygen atoms in total. The molecule has 21 heavy (non-hydrogen) atoms. The van der Waals surface area contributed by atoms with Gasteiger partial charge in [-0.1, -0.05) is 0 Å². The number of nitrogens with zero attached hydrogens (tertiary/aromatic N) is 1. The van der Waals surface area contributed by atoms with Gasteiger partial charge in [-0.15, -0.1) is 0 Å². The van der Waals surface area contributed by atoms with Crippen LogP contribution in [0.3, 0.4) is 0 Å². The molecule has 1 fully saturated rings. The van der Waals surface area contributed by atoms with Crippen LogP contribution in [0.1, 0.15) is 27.2 Å². The number of piperidine rings is 1. The zero-order valence-electron chi connectivity index (χ0n) is 13.5. The minimum atomic E-state index is -0.516. The first-order valence-corrected chi connectivity index (χ1v) is 7.23. The van der Waals surface area contributed by atoms with Crippen molar-refractivity contribution in [3.05, 3.63) is 0 Å². The molecule has 0 saturated carbocycles. The highest BCUT2D eigenvalue weighted by molar-refractivity contribution is 5.68. The van der Waals surface area contributed by atoms with Crippen LogP contribution in [-0.2, 0) is 18.9 Å². The quantitative estimate of drug-likeness (QED) is 0.581. The van der Waals surface area contributed by atoms with E-state index in [-0.39, 0.29) is 25.0 Å². The van der Waals surface area contributed by atoms with Gasteiger partial charge >= 0.3 is 6.09 Å². The summed E-state index contributed by atoms with van der Waals surface area (Å²) in [6.07, 6.45) is 0.211. The van der Waals surface area contributed by atoms with Crippen molar-refractivity contribution in [3.63, 3.8) is 0 Å². The van der Waals surface area contributed by atoms with Crippen LogP contribution in [-0.4, -0.2) is 68.9 Å². The summed E-state index contributed by atoms with van der Waals surface area (Å²) in [6.45, 7) is 7.65. The molecule has 1 aliphatic heterocycles. The van der Waals surface area contributed by atoms with E-state index in [1.165, 1.54) is 0 Å². The Kier molecular flexibility index (Phi) is 7.37. The summed E-state index contributed by atoms with van der Waals surface area (Å²) in [5.74, 6) is 0. The topological polar surface area (TPSA) is 83.3 Å². The van der Waals surface area contributed by atoms with E-state index in [2.05, 4.69) is 0 Å². The van der Waals surface area contributed by atoms with E-state index in [1.54, 1.807) is 12.0 Å². The molecule has 0 bridgehead atoms. The fourth-order valence-corrected chi connectivity index (χ4v) is 2.03. The maximum atomic E-state index is 12.1. The zero-order chi connectivity index (χ0) is 15.9. The van der Waals surface area contributed by atoms with Crippen LogP contribution in [0, 0.1) is 0 Å². The summed E-state index contributed by atoms with van der Waals surface area (Å²) in [7, 11) is 1.61. The molecule has 1 amide bonds. The second-order valence-electron chi connectivity index (χ2n) is 6.19. The van der Waals surface area contributed by atoms with E-state index < -0.39 is 5.60 Å². The fraction of sp³-hybridized carbons (Fsp3) is 0.929. The lowest BCUT2D eigenvalue weighted by Crippen LogP contribution is -2.53. The molecule has 2 atom stereocenters. The van der Waals surface area contributed by atoms with Crippen LogP contribution in [0.2, 0.25) is 0 Å². The lowest BCUT2D eigenvalue weighted by Gasteiger charge is -2.36. The number of amides is 1. The number of hydrogen-bond acceptors (Lipinski definition) is 6. The number of hydrogen-bond donors (Lipinski definition) is 1. The summed E-state index contributed by atoms with van der Waals surface area (Å²) in [5.41, 5.74) is 5.46. The first-order valence-electron chi connectivity index (χ1n) is 7.23. The van der Waals surface area contributed by atoms with Gasteiger partial charge < -0.3 is 29.6 Å². The maximum absolute atomic E-state index is 12.1. The molecule has 0 aromatic heterocycles. The second kappa shape index (κ2) is 8.53. The molecular formula is C14H28N2O5. The summed E-state index contributed by atoms with van der Waals surface area (Å²) in [4.78, 5) is 13.7. The van der Waals surface area contributed by atoms with Crippen molar-refractivity contribution in [2.75, 3.05) is 40.2 Å². The Hall–Kier alpha value is -0.890. The van der Waals surface area contributed by atoms with E-state index in [9.17, 15) is 4.79 Å². The summed E-state index contributed by atoms with van der Waals surface area (Å²) in [5, 5.41) is 0. The van der Waals surface area contributed by atoms with Crippen molar-refractivity contribution in [2.24, 2.45) is 5.73 Å². The molecule has 0 aromatic carbocycles. The van der Waals surface area contributed by atoms with Crippen molar-refractivity contribution in [1.29, 1.82) is 0 Å². The Morgan fingerprint density at radius 3 is 2.62 bits per heavy atom. The van der Waals surface area contributed by atoms with Crippen LogP contribution >= 0.6 is 0 Å². The summed E-state index contributed by atoms with van der Waals surface area (Å²) in [6, 6.07) is -0.116. The third-order valence-corrected chi connectivity index (χ3v) is 2.92. The van der Waals surface area contributed by atoms with E-state index in [1.807, 2.05) is 20.8 Å². The van der Waals surface area contributed by atoms with Gasteiger partial charge in [-0.2, -0.15) is 0 Å². The van der Waals surface area contributed by atoms with Gasteiger partial charge in [-0.3, -0.25) is 0 Å². The molecule has 1 aliphatic rings. The van der Waals surface area contributed by atoms with E-state index in [0.29, 0.717) is 32.7 Å². The van der Waals surface area contributed by atoms with Gasteiger partial charge in [0.1, 0.15) is 12.4 Å². The van der Waals surface area contributed by atoms with Gasteiger partial charge in [-0.05, 0) is 27.2 Å². The fourth-order valence-electron chi connectivity index (χ4n) is 2.03. The van der Waals surface area contributed by atoms with Crippen molar-refractivity contribution < 1.29 is 23.7 Å². The van der Waals surface area contributed by atoms with Crippen molar-refractivity contribution in [1.82, 2.24) is 4.90 Å². The van der Waals surface area contributed by atoms with E-state index in [0.717, 1.165) is 0 Å². The molecule has 1 saturated heterocycles. The Balaban J connectivity index is 2.37. The summed E-state index contributed by atoms with van der Waals surface area (Å²) < 4.78 is 21.1. The van der Waals surface area contributed by atoms with Crippen LogP contribution in [0.15, 0.2) is 0 Å². The zero-order valence-corrected chi connectivity index (χ0v) is 13.5. The van der Waals surface area contributed by atoms with Crippen LogP contribution in [0.25, 0.3) is 0 Å². The summed E-state index contributed by atoms with van der Waals surface area (Å²) >= 11 is 0. The molecule has 7 heteroatoms. The van der Waals surface area contributed by atoms with Gasteiger partial charge in [0.25, 0.3) is 0 Å². The van der Waals surface area contributed by atoms with Crippen molar-refractivity contribution in [2.45, 2.75) is 44.9 Å². The van der Waals surface area contributed by atoms with Gasteiger partial charge in [0.15, 0.2) is 0 Å². The highest BCUT2D eigenvalue weighted by Gasteiger charge is 2.31. The monoisotopic (exact) mass is 304 g/mol. The number of carbonyl (C=O) groups is 1. The normalized spacial score (nSPS) is 23.2. The first kappa shape index (κ1) is 18.2. The predicted octanol–water partition coefficient (Wildman–Crippen LogP) is 0.960. The Bertz CT molecular complexity index is 319. The predicted molar refractivity (Wildman–Crippen MR) is 78.0 cm³/mol. The molecule has 2 N–H and O–H groups in total. The number of likely N-dealkylation sites (tertiary alicyclic amines) is 1. The third kappa shape index (κ3) is 7.61. The smallest absolute Gasteiger partial charge is 0.410 e. The number of rotatable bonds is 6. The Labute approximate surface area is 126 Å². The van der Waals surface area contributed by atoms with Gasteiger partial charge in [0.05, 0.1) is 25.9 Å². The maximum Gasteiger partial charge on any atom is 0.410 e. The van der Waals surface area contributed by atoms with Crippen LogP contribution < -0.4 is 5.73 Å². The molecule has 1 unspecified atom stereocenters. The highest BCUT2D eigenvalue weighted by atomic mass is 16.7. The average Bonchev–Trinajstić information content (AvgIpc) is 2.36. The lowest BCUT2D eigenvalue weighted by atomic mass is 10.0. The van der Waals surface area contributed by atoms with Gasteiger partial charge in [-0.25, -0.2) is 4.79 Å². The van der Waals surface area contributed by atoms with Crippen LogP contribution in [0.5, 0.6) is 0 Å². The SMILES string of the molecule is COCCOCOC1C[C@H](N)CN(C(=O)OC(C)(C)C)C1. The van der Waals surface area contributed by atoms with Crippen LogP contribution in [0.4, 0.5) is 4.79 Å². The Morgan fingerprint density at radius 1 is 1.29 bits per heavy atom. The van der Waals surface area contributed by atoms with E-state index >= 15 is 0 Å². The van der Waals surface area contributed by atoms with Crippen molar-refractivity contribution in [3.8, 4) is 0 Å². The molecule has 0 aliphatic carbocycles. The molecular weight excluding hydrogens is 276 g/mol. The Morgan fingerprint density at radius 2 is 2.00 bits per heavy atom. The largest absolute Gasteiger partial charge is 0.444 e. The molecule has 0 spiro atoms. The van der Waals surface area contributed by atoms with Gasteiger partial charge in [0.2, 0.25) is 0 Å². The second-order valence-corrected chi connectivity index (χ2v) is 6.19. The standard InChI is InChI=1S/C14H28N2O5/c1-14(2,3)21-13(17)16-8-11(15)7-12(9-16)20-10-19-6-5-18-4/h11-12H,5-10,15H2,1-4H3/t11-,12?/m0/s1. The molecule has 124 valence electrons. The lowest BCUT2D eigenvalue weighted by molar-refractivity contribution is -0.114. The molecule has 0 radical (unpaired) electrons. The first-order chi connectivity index (χ1) is 9.81. The van der Waals surface area contributed by atoms with Gasteiger partial charge in [0, 0.05) is 19.7 Å². The minimum absolute atomic E-state index is 0.116. The minimum Gasteiger partial charge on any atom is -0.444 e. The number of ether oxygens (including phenoxy) is 4. The molecule has 0 aromatic rings. The average molecular weight is 304 g/mol. The number of carbonyl (C=O) groups excluding carboxylic acids is 1. The third-order valence-electron chi connectivity index (χ3n) is 2.92. The van der Waals surface area contributed by atoms with E-state index in [4.69, 9.17) is 24.7 Å². The molecule has 1 rings (SSSR count). The number of methoxy groups -OCH3 is 1. The number of nitrogens with two attached hydrogens (primary N) is 1. The molecule has 1 heterocycles. The highest BCUT2D eigenvalue weighted by Crippen LogP contribution is 2.16. The van der Waals surface area contributed by atoms with Crippen molar-refractivity contribution >= 4 is 6.09 Å².